The zero-order chi connectivity index (χ0) is 14.2. The fourth-order valence-corrected chi connectivity index (χ4v) is 2.09. The summed E-state index contributed by atoms with van der Waals surface area (Å²) >= 11 is 11.7. The van der Waals surface area contributed by atoms with E-state index in [9.17, 15) is 18.0 Å². The number of para-hydroxylation sites is 1. The van der Waals surface area contributed by atoms with Gasteiger partial charge in [-0.25, -0.2) is 4.68 Å². The Bertz CT molecular complexity index is 617. The fourth-order valence-electron chi connectivity index (χ4n) is 1.52. The molecule has 19 heavy (non-hydrogen) atoms. The highest BCUT2D eigenvalue weighted by molar-refractivity contribution is 6.37. The molecule has 1 aromatic carbocycles. The largest absolute Gasteiger partial charge is 0.435 e. The molecule has 100 valence electrons. The van der Waals surface area contributed by atoms with Crippen LogP contribution in [-0.4, -0.2) is 16.1 Å². The zero-order valence-corrected chi connectivity index (χ0v) is 10.6. The highest BCUT2D eigenvalue weighted by Crippen LogP contribution is 2.33. The van der Waals surface area contributed by atoms with E-state index in [2.05, 4.69) is 5.10 Å². The van der Waals surface area contributed by atoms with Crippen LogP contribution in [-0.2, 0) is 6.18 Å². The van der Waals surface area contributed by atoms with Gasteiger partial charge in [0.15, 0.2) is 12.0 Å². The van der Waals surface area contributed by atoms with Crippen molar-refractivity contribution in [2.24, 2.45) is 0 Å². The molecule has 2 aromatic rings. The van der Waals surface area contributed by atoms with E-state index in [0.29, 0.717) is 0 Å². The molecule has 0 saturated heterocycles. The molecule has 0 atom stereocenters. The van der Waals surface area contributed by atoms with E-state index in [0.717, 1.165) is 10.9 Å². The minimum atomic E-state index is -4.73. The molecule has 1 heterocycles. The number of hydrogen-bond donors (Lipinski definition) is 0. The fraction of sp³-hybridized carbons (Fsp3) is 0.0909. The third kappa shape index (κ3) is 2.59. The molecule has 1 aromatic heterocycles. The normalized spacial score (nSPS) is 11.6. The van der Waals surface area contributed by atoms with Crippen molar-refractivity contribution in [3.05, 3.63) is 45.7 Å². The van der Waals surface area contributed by atoms with Crippen molar-refractivity contribution < 1.29 is 18.0 Å². The number of carbonyl (C=O) groups excluding carboxylic acids is 1. The Morgan fingerprint density at radius 1 is 1.21 bits per heavy atom. The van der Waals surface area contributed by atoms with Gasteiger partial charge in [0.1, 0.15) is 5.69 Å². The van der Waals surface area contributed by atoms with Crippen LogP contribution in [0.25, 0.3) is 5.69 Å². The topological polar surface area (TPSA) is 34.9 Å². The van der Waals surface area contributed by atoms with Crippen LogP contribution in [0.1, 0.15) is 16.1 Å². The summed E-state index contributed by atoms with van der Waals surface area (Å²) in [5, 5.41) is 3.59. The molecule has 0 radical (unpaired) electrons. The molecule has 0 spiro atoms. The number of hydrogen-bond acceptors (Lipinski definition) is 2. The van der Waals surface area contributed by atoms with Crippen LogP contribution in [0.2, 0.25) is 10.0 Å². The van der Waals surface area contributed by atoms with E-state index in [1.54, 1.807) is 6.07 Å². The second-order valence-electron chi connectivity index (χ2n) is 3.56. The Morgan fingerprint density at radius 2 is 1.79 bits per heavy atom. The summed E-state index contributed by atoms with van der Waals surface area (Å²) in [6, 6.07) is 4.46. The SMILES string of the molecule is O=Cc1cn(-c2c(Cl)cccc2Cl)nc1C(F)(F)F. The first-order valence-electron chi connectivity index (χ1n) is 4.91. The van der Waals surface area contributed by atoms with Crippen LogP contribution >= 0.6 is 23.2 Å². The average Bonchev–Trinajstić information content (AvgIpc) is 2.72. The Hall–Kier alpha value is -1.53. The standard InChI is InChI=1S/C11H5Cl2F3N2O/c12-7-2-1-3-8(13)9(7)18-4-6(5-19)10(17-18)11(14,15)16/h1-5H. The van der Waals surface area contributed by atoms with Crippen molar-refractivity contribution in [1.82, 2.24) is 9.78 Å². The molecule has 0 aliphatic carbocycles. The quantitative estimate of drug-likeness (QED) is 0.786. The molecule has 0 aliphatic heterocycles. The molecule has 0 bridgehead atoms. The molecule has 8 heteroatoms. The summed E-state index contributed by atoms with van der Waals surface area (Å²) in [4.78, 5) is 10.7. The van der Waals surface area contributed by atoms with E-state index in [-0.39, 0.29) is 22.0 Å². The van der Waals surface area contributed by atoms with Crippen LogP contribution < -0.4 is 0 Å². The van der Waals surface area contributed by atoms with Gasteiger partial charge in [-0.05, 0) is 12.1 Å². The highest BCUT2D eigenvalue weighted by Gasteiger charge is 2.37. The Balaban J connectivity index is 2.65. The summed E-state index contributed by atoms with van der Waals surface area (Å²) in [6.45, 7) is 0. The maximum absolute atomic E-state index is 12.7. The Kier molecular flexibility index (Phi) is 3.56. The van der Waals surface area contributed by atoms with Crippen LogP contribution in [0.3, 0.4) is 0 Å². The molecular weight excluding hydrogens is 304 g/mol. The van der Waals surface area contributed by atoms with Crippen molar-refractivity contribution in [2.75, 3.05) is 0 Å². The first-order valence-corrected chi connectivity index (χ1v) is 5.66. The van der Waals surface area contributed by atoms with Gasteiger partial charge in [0.05, 0.1) is 15.6 Å². The number of benzene rings is 1. The summed E-state index contributed by atoms with van der Waals surface area (Å²) < 4.78 is 38.8. The molecule has 0 N–H and O–H groups in total. The third-order valence-corrected chi connectivity index (χ3v) is 2.91. The number of aromatic nitrogens is 2. The second-order valence-corrected chi connectivity index (χ2v) is 4.38. The lowest BCUT2D eigenvalue weighted by molar-refractivity contribution is -0.141. The number of alkyl halides is 3. The Labute approximate surface area is 115 Å². The van der Waals surface area contributed by atoms with Crippen LogP contribution in [0.15, 0.2) is 24.4 Å². The lowest BCUT2D eigenvalue weighted by atomic mass is 10.2. The lowest BCUT2D eigenvalue weighted by Crippen LogP contribution is -2.09. The van der Waals surface area contributed by atoms with E-state index < -0.39 is 17.4 Å². The van der Waals surface area contributed by atoms with Crippen molar-refractivity contribution in [3.8, 4) is 5.69 Å². The maximum atomic E-state index is 12.7. The van der Waals surface area contributed by atoms with E-state index in [4.69, 9.17) is 23.2 Å². The van der Waals surface area contributed by atoms with Crippen molar-refractivity contribution in [3.63, 3.8) is 0 Å². The van der Waals surface area contributed by atoms with Gasteiger partial charge < -0.3 is 0 Å². The van der Waals surface area contributed by atoms with Gasteiger partial charge >= 0.3 is 6.18 Å². The number of nitrogens with zero attached hydrogens (tertiary/aromatic N) is 2. The van der Waals surface area contributed by atoms with Gasteiger partial charge in [0.2, 0.25) is 0 Å². The van der Waals surface area contributed by atoms with Crippen LogP contribution in [0.4, 0.5) is 13.2 Å². The summed E-state index contributed by atoms with van der Waals surface area (Å²) in [5.41, 5.74) is -1.77. The smallest absolute Gasteiger partial charge is 0.298 e. The van der Waals surface area contributed by atoms with Crippen molar-refractivity contribution in [1.29, 1.82) is 0 Å². The summed E-state index contributed by atoms with van der Waals surface area (Å²) in [6.07, 6.45) is -3.71. The molecule has 2 rings (SSSR count). The average molecular weight is 309 g/mol. The number of carbonyl (C=O) groups is 1. The maximum Gasteiger partial charge on any atom is 0.435 e. The minimum Gasteiger partial charge on any atom is -0.298 e. The predicted molar refractivity (Wildman–Crippen MR) is 64.0 cm³/mol. The number of rotatable bonds is 2. The molecule has 0 unspecified atom stereocenters. The first-order chi connectivity index (χ1) is 8.84. The van der Waals surface area contributed by atoms with Gasteiger partial charge in [-0.3, -0.25) is 4.79 Å². The molecule has 0 amide bonds. The van der Waals surface area contributed by atoms with Crippen molar-refractivity contribution in [2.45, 2.75) is 6.18 Å². The second kappa shape index (κ2) is 4.86. The van der Waals surface area contributed by atoms with Gasteiger partial charge in [0, 0.05) is 6.20 Å². The molecule has 0 fully saturated rings. The first kappa shape index (κ1) is 13.9. The summed E-state index contributed by atoms with van der Waals surface area (Å²) in [7, 11) is 0. The van der Waals surface area contributed by atoms with E-state index in [1.807, 2.05) is 0 Å². The van der Waals surface area contributed by atoms with Gasteiger partial charge in [0.25, 0.3) is 0 Å². The molecule has 0 saturated carbocycles. The molecule has 3 nitrogen and oxygen atoms in total. The van der Waals surface area contributed by atoms with Gasteiger partial charge in [-0.15, -0.1) is 0 Å². The van der Waals surface area contributed by atoms with Crippen LogP contribution in [0.5, 0.6) is 0 Å². The zero-order valence-electron chi connectivity index (χ0n) is 9.08. The molecular formula is C11H5Cl2F3N2O. The van der Waals surface area contributed by atoms with Gasteiger partial charge in [-0.2, -0.15) is 18.3 Å². The Morgan fingerprint density at radius 3 is 2.21 bits per heavy atom. The lowest BCUT2D eigenvalue weighted by Gasteiger charge is -2.06. The van der Waals surface area contributed by atoms with Gasteiger partial charge in [-0.1, -0.05) is 29.3 Å². The molecule has 0 aliphatic rings. The summed E-state index contributed by atoms with van der Waals surface area (Å²) in [5.74, 6) is 0. The number of aldehydes is 1. The van der Waals surface area contributed by atoms with E-state index in [1.165, 1.54) is 12.1 Å². The van der Waals surface area contributed by atoms with Crippen LogP contribution in [0, 0.1) is 0 Å². The minimum absolute atomic E-state index is 0.0804. The third-order valence-electron chi connectivity index (χ3n) is 2.30. The van der Waals surface area contributed by atoms with E-state index >= 15 is 0 Å². The highest BCUT2D eigenvalue weighted by atomic mass is 35.5. The van der Waals surface area contributed by atoms with Crippen molar-refractivity contribution >= 4 is 29.5 Å². The monoisotopic (exact) mass is 308 g/mol. The predicted octanol–water partition coefficient (Wildman–Crippen LogP) is 4.01. The number of halogens is 5.